The van der Waals surface area contributed by atoms with E-state index in [1.807, 2.05) is 0 Å². The first-order valence-electron chi connectivity index (χ1n) is 16.7. The first-order valence-corrected chi connectivity index (χ1v) is 16.7. The minimum absolute atomic E-state index is 0.258. The van der Waals surface area contributed by atoms with Crippen molar-refractivity contribution in [2.24, 2.45) is 0 Å². The monoisotopic (exact) mass is 688 g/mol. The van der Waals surface area contributed by atoms with E-state index in [9.17, 15) is 30.9 Å². The Morgan fingerprint density at radius 3 is 1.33 bits per heavy atom. The van der Waals surface area contributed by atoms with Gasteiger partial charge in [0, 0.05) is 28.8 Å². The maximum absolute atomic E-state index is 14.6. The lowest BCUT2D eigenvalue weighted by atomic mass is 10.0. The van der Waals surface area contributed by atoms with Crippen LogP contribution in [0.25, 0.3) is 11.1 Å². The number of benzene rings is 3. The third-order valence-corrected chi connectivity index (χ3v) is 7.43. The molecule has 0 spiro atoms. The van der Waals surface area contributed by atoms with Crippen LogP contribution in [0, 0.1) is 29.1 Å². The Morgan fingerprint density at radius 1 is 0.500 bits per heavy atom. The Labute approximate surface area is 279 Å². The van der Waals surface area contributed by atoms with Crippen LogP contribution in [0.5, 0.6) is 23.0 Å². The van der Waals surface area contributed by atoms with Crippen LogP contribution < -0.4 is 19.2 Å². The normalized spacial score (nSPS) is 10.8. The van der Waals surface area contributed by atoms with Gasteiger partial charge in [-0.3, -0.25) is 4.94 Å². The largest absolute Gasteiger partial charge is 0.493 e. The minimum atomic E-state index is -1.65. The summed E-state index contributed by atoms with van der Waals surface area (Å²) in [7, 11) is 0. The molecule has 0 aliphatic heterocycles. The van der Waals surface area contributed by atoms with Crippen LogP contribution in [-0.4, -0.2) is 19.8 Å². The van der Waals surface area contributed by atoms with Gasteiger partial charge in [-0.2, -0.15) is 0 Å². The number of ether oxygens (including phenoxy) is 3. The second-order valence-electron chi connectivity index (χ2n) is 11.4. The van der Waals surface area contributed by atoms with E-state index in [0.29, 0.717) is 54.8 Å². The number of unbranched alkanes of at least 4 members (excludes halogenated alkanes) is 9. The van der Waals surface area contributed by atoms with Gasteiger partial charge in [-0.05, 0) is 37.0 Å². The topological polar surface area (TPSA) is 36.9 Å². The van der Waals surface area contributed by atoms with Gasteiger partial charge in [-0.1, -0.05) is 78.6 Å². The summed E-state index contributed by atoms with van der Waals surface area (Å²) >= 11 is 0. The number of alkyl halides is 1. The second kappa shape index (κ2) is 22.9. The average molecular weight is 689 g/mol. The minimum Gasteiger partial charge on any atom is -0.493 e. The van der Waals surface area contributed by atoms with Crippen LogP contribution in [-0.2, 0) is 6.67 Å². The molecule has 11 heteroatoms. The average Bonchev–Trinajstić information content (AvgIpc) is 3.06. The molecular weight excluding hydrogens is 641 g/mol. The molecule has 0 atom stereocenters. The zero-order chi connectivity index (χ0) is 35.3. The molecule has 0 fully saturated rings. The van der Waals surface area contributed by atoms with E-state index in [1.165, 1.54) is 0 Å². The quantitative estimate of drug-likeness (QED) is 0.0634. The molecule has 4 nitrogen and oxygen atoms in total. The van der Waals surface area contributed by atoms with Gasteiger partial charge in [0.2, 0.25) is 0 Å². The van der Waals surface area contributed by atoms with E-state index in [0.717, 1.165) is 89.2 Å². The van der Waals surface area contributed by atoms with Crippen molar-refractivity contribution in [3.63, 3.8) is 0 Å². The summed E-state index contributed by atoms with van der Waals surface area (Å²) in [5, 5.41) is 0. The SMILES string of the molecule is CCCCCCOc1cc(OCCCCCC)c(-c2cc(F)c(CF)c(F)c2)c(OCCCCCC)c1.FOc1cc(F)c(F)c(F)c1. The van der Waals surface area contributed by atoms with Gasteiger partial charge >= 0.3 is 0 Å². The predicted molar refractivity (Wildman–Crippen MR) is 174 cm³/mol. The Bertz CT molecular complexity index is 1290. The van der Waals surface area contributed by atoms with Crippen molar-refractivity contribution in [1.82, 2.24) is 0 Å². The summed E-state index contributed by atoms with van der Waals surface area (Å²) in [4.78, 5) is 2.98. The van der Waals surface area contributed by atoms with E-state index in [2.05, 4.69) is 25.7 Å². The number of rotatable bonds is 21. The molecule has 3 aromatic carbocycles. The molecule has 3 aromatic rings. The summed E-state index contributed by atoms with van der Waals surface area (Å²) in [5.41, 5.74) is 0.154. The van der Waals surface area contributed by atoms with Crippen molar-refractivity contribution >= 4 is 0 Å². The summed E-state index contributed by atoms with van der Waals surface area (Å²) in [6, 6.07) is 6.67. The first kappa shape index (κ1) is 40.5. The zero-order valence-corrected chi connectivity index (χ0v) is 28.1. The summed E-state index contributed by atoms with van der Waals surface area (Å²) in [6.45, 7) is 6.76. The predicted octanol–water partition coefficient (Wildman–Crippen LogP) is 12.3. The van der Waals surface area contributed by atoms with Crippen LogP contribution in [0.2, 0.25) is 0 Å². The standard InChI is InChI=1S/C31H45F3O3.C6H2F4O/c1-4-7-10-13-16-35-25-21-29(36-17-14-11-8-5-2)31(30(22-25)37-18-15-12-9-6-3)24-19-27(33)26(23-32)28(34)20-24;7-4-1-3(11-10)2-5(8)6(4)9/h19-22H,4-18,23H2,1-3H3;1-2H. The highest BCUT2D eigenvalue weighted by atomic mass is 19.3. The summed E-state index contributed by atoms with van der Waals surface area (Å²) in [5.74, 6) is -5.65. The third-order valence-electron chi connectivity index (χ3n) is 7.43. The molecule has 48 heavy (non-hydrogen) atoms. The lowest BCUT2D eigenvalue weighted by Gasteiger charge is -2.19. The molecule has 0 amide bonds. The lowest BCUT2D eigenvalue weighted by Crippen LogP contribution is -2.06. The van der Waals surface area contributed by atoms with Gasteiger partial charge in [0.1, 0.15) is 35.6 Å². The van der Waals surface area contributed by atoms with Gasteiger partial charge in [0.25, 0.3) is 0 Å². The number of hydrogen-bond donors (Lipinski definition) is 0. The third kappa shape index (κ3) is 13.5. The van der Waals surface area contributed by atoms with Gasteiger partial charge in [0.15, 0.2) is 23.2 Å². The maximum Gasteiger partial charge on any atom is 0.194 e. The maximum atomic E-state index is 14.6. The number of halogens is 7. The van der Waals surface area contributed by atoms with Crippen LogP contribution in [0.4, 0.5) is 30.9 Å². The highest BCUT2D eigenvalue weighted by Gasteiger charge is 2.21. The summed E-state index contributed by atoms with van der Waals surface area (Å²) in [6.07, 6.45) is 12.6. The number of hydrogen-bond acceptors (Lipinski definition) is 4. The van der Waals surface area contributed by atoms with Crippen molar-refractivity contribution in [2.45, 2.75) is 104 Å². The van der Waals surface area contributed by atoms with Gasteiger partial charge in [-0.15, -0.1) is 0 Å². The van der Waals surface area contributed by atoms with Crippen molar-refractivity contribution < 1.29 is 50.0 Å². The smallest absolute Gasteiger partial charge is 0.194 e. The molecule has 3 rings (SSSR count). The molecule has 0 unspecified atom stereocenters. The molecule has 0 aliphatic carbocycles. The fourth-order valence-corrected chi connectivity index (χ4v) is 4.75. The fraction of sp³-hybridized carbons (Fsp3) is 0.514. The molecule has 0 radical (unpaired) electrons. The van der Waals surface area contributed by atoms with Crippen LogP contribution in [0.15, 0.2) is 36.4 Å². The van der Waals surface area contributed by atoms with E-state index in [1.54, 1.807) is 12.1 Å². The molecule has 0 N–H and O–H groups in total. The van der Waals surface area contributed by atoms with Crippen molar-refractivity contribution in [3.05, 3.63) is 71.0 Å². The lowest BCUT2D eigenvalue weighted by molar-refractivity contribution is -0.00711. The first-order chi connectivity index (χ1) is 23.2. The molecule has 0 saturated heterocycles. The Hall–Kier alpha value is -3.63. The Kier molecular flexibility index (Phi) is 19.3. The van der Waals surface area contributed by atoms with E-state index in [-0.39, 0.29) is 5.56 Å². The van der Waals surface area contributed by atoms with E-state index >= 15 is 0 Å². The molecule has 0 heterocycles. The van der Waals surface area contributed by atoms with Gasteiger partial charge < -0.3 is 14.2 Å². The molecule has 0 aromatic heterocycles. The Morgan fingerprint density at radius 2 is 0.938 bits per heavy atom. The van der Waals surface area contributed by atoms with E-state index < -0.39 is 47.1 Å². The highest BCUT2D eigenvalue weighted by molar-refractivity contribution is 5.78. The fourth-order valence-electron chi connectivity index (χ4n) is 4.75. The van der Waals surface area contributed by atoms with Gasteiger partial charge in [0.05, 0.1) is 30.9 Å². The Balaban J connectivity index is 0.000000613. The van der Waals surface area contributed by atoms with E-state index in [4.69, 9.17) is 14.2 Å². The van der Waals surface area contributed by atoms with Crippen molar-refractivity contribution in [2.75, 3.05) is 19.8 Å². The highest BCUT2D eigenvalue weighted by Crippen LogP contribution is 2.43. The molecule has 0 aliphatic rings. The zero-order valence-electron chi connectivity index (χ0n) is 28.1. The van der Waals surface area contributed by atoms with Crippen LogP contribution in [0.1, 0.15) is 103 Å². The van der Waals surface area contributed by atoms with Crippen molar-refractivity contribution in [1.29, 1.82) is 0 Å². The summed E-state index contributed by atoms with van der Waals surface area (Å²) < 4.78 is 108. The molecule has 268 valence electrons. The molecule has 0 saturated carbocycles. The van der Waals surface area contributed by atoms with Crippen molar-refractivity contribution in [3.8, 4) is 34.1 Å². The molecular formula is C37H47F7O4. The van der Waals surface area contributed by atoms with Gasteiger partial charge in [-0.25, -0.2) is 26.3 Å². The van der Waals surface area contributed by atoms with Crippen LogP contribution >= 0.6 is 0 Å². The van der Waals surface area contributed by atoms with Crippen LogP contribution in [0.3, 0.4) is 0 Å². The molecule has 0 bridgehead atoms. The second-order valence-corrected chi connectivity index (χ2v) is 11.4.